The summed E-state index contributed by atoms with van der Waals surface area (Å²) >= 11 is 0. The fraction of sp³-hybridized carbons (Fsp3) is 0.500. The minimum Gasteiger partial charge on any atom is -0.508 e. The van der Waals surface area contributed by atoms with Crippen LogP contribution in [0.25, 0.3) is 0 Å². The molecule has 0 aliphatic rings. The Balaban J connectivity index is 3.82. The first-order valence-electron chi connectivity index (χ1n) is 9.54. The molecular formula is C22H34O4. The highest BCUT2D eigenvalue weighted by molar-refractivity contribution is 5.80. The van der Waals surface area contributed by atoms with E-state index in [4.69, 9.17) is 5.11 Å². The second-order valence-electron chi connectivity index (χ2n) is 6.25. The lowest BCUT2D eigenvalue weighted by atomic mass is 10.0. The van der Waals surface area contributed by atoms with Gasteiger partial charge in [0.2, 0.25) is 0 Å². The molecule has 0 aromatic rings. The number of aliphatic hydroxyl groups excluding tert-OH is 2. The average Bonchev–Trinajstić information content (AvgIpc) is 2.60. The zero-order valence-electron chi connectivity index (χ0n) is 15.9. The van der Waals surface area contributed by atoms with Gasteiger partial charge in [-0.3, -0.25) is 0 Å². The van der Waals surface area contributed by atoms with Gasteiger partial charge in [0.05, 0.1) is 6.10 Å². The van der Waals surface area contributed by atoms with Crippen molar-refractivity contribution in [2.45, 2.75) is 70.8 Å². The summed E-state index contributed by atoms with van der Waals surface area (Å²) in [5, 5.41) is 28.0. The second-order valence-corrected chi connectivity index (χ2v) is 6.25. The van der Waals surface area contributed by atoms with E-state index in [-0.39, 0.29) is 11.9 Å². The van der Waals surface area contributed by atoms with Gasteiger partial charge in [-0.15, -0.1) is 0 Å². The summed E-state index contributed by atoms with van der Waals surface area (Å²) in [5.41, 5.74) is 0. The normalized spacial score (nSPS) is 14.3. The molecule has 0 amide bonds. The van der Waals surface area contributed by atoms with Crippen molar-refractivity contribution in [1.82, 2.24) is 0 Å². The lowest BCUT2D eigenvalue weighted by Crippen LogP contribution is -2.05. The molecular weight excluding hydrogens is 328 g/mol. The Morgan fingerprint density at radius 2 is 1.50 bits per heavy atom. The lowest BCUT2D eigenvalue weighted by Gasteiger charge is -2.08. The Morgan fingerprint density at radius 1 is 0.846 bits per heavy atom. The van der Waals surface area contributed by atoms with Crippen LogP contribution in [0.1, 0.15) is 64.7 Å². The van der Waals surface area contributed by atoms with Crippen molar-refractivity contribution in [3.05, 3.63) is 60.4 Å². The number of carboxylic acid groups (broad SMARTS) is 1. The lowest BCUT2D eigenvalue weighted by molar-refractivity contribution is -0.131. The van der Waals surface area contributed by atoms with E-state index >= 15 is 0 Å². The van der Waals surface area contributed by atoms with Crippen LogP contribution >= 0.6 is 0 Å². The maximum Gasteiger partial charge on any atom is 0.328 e. The first-order valence-corrected chi connectivity index (χ1v) is 9.54. The topological polar surface area (TPSA) is 77.8 Å². The van der Waals surface area contributed by atoms with E-state index in [0.717, 1.165) is 31.8 Å². The number of hydrogen-bond donors (Lipinski definition) is 3. The van der Waals surface area contributed by atoms with Crippen molar-refractivity contribution in [1.29, 1.82) is 0 Å². The van der Waals surface area contributed by atoms with Crippen molar-refractivity contribution in [2.75, 3.05) is 0 Å². The van der Waals surface area contributed by atoms with Crippen LogP contribution in [0.2, 0.25) is 0 Å². The Kier molecular flexibility index (Phi) is 16.3. The molecule has 0 saturated heterocycles. The Labute approximate surface area is 157 Å². The SMILES string of the molecule is CCCCCCCCC(O)CC/C=C/C=C(O)/C=C/C=C/C=C/C(=O)O. The van der Waals surface area contributed by atoms with Gasteiger partial charge < -0.3 is 15.3 Å². The van der Waals surface area contributed by atoms with Crippen molar-refractivity contribution < 1.29 is 20.1 Å². The highest BCUT2D eigenvalue weighted by atomic mass is 16.4. The zero-order valence-corrected chi connectivity index (χ0v) is 15.9. The fourth-order valence-corrected chi connectivity index (χ4v) is 2.33. The first kappa shape index (κ1) is 23.9. The Hall–Kier alpha value is -2.07. The van der Waals surface area contributed by atoms with Gasteiger partial charge in [0.15, 0.2) is 0 Å². The quantitative estimate of drug-likeness (QED) is 0.153. The van der Waals surface area contributed by atoms with E-state index < -0.39 is 5.97 Å². The van der Waals surface area contributed by atoms with Gasteiger partial charge in [0.25, 0.3) is 0 Å². The molecule has 0 rings (SSSR count). The molecule has 0 bridgehead atoms. The number of aliphatic hydroxyl groups is 2. The van der Waals surface area contributed by atoms with Crippen LogP contribution in [0, 0.1) is 0 Å². The van der Waals surface area contributed by atoms with Gasteiger partial charge >= 0.3 is 5.97 Å². The summed E-state index contributed by atoms with van der Waals surface area (Å²) < 4.78 is 0. The van der Waals surface area contributed by atoms with Gasteiger partial charge in [0.1, 0.15) is 5.76 Å². The van der Waals surface area contributed by atoms with Gasteiger partial charge in [-0.2, -0.15) is 0 Å². The summed E-state index contributed by atoms with van der Waals surface area (Å²) in [4.78, 5) is 10.2. The smallest absolute Gasteiger partial charge is 0.328 e. The van der Waals surface area contributed by atoms with Gasteiger partial charge in [0, 0.05) is 6.08 Å². The van der Waals surface area contributed by atoms with E-state index in [0.29, 0.717) is 0 Å². The molecule has 4 heteroatoms. The third kappa shape index (κ3) is 18.3. The van der Waals surface area contributed by atoms with Crippen LogP contribution in [0.15, 0.2) is 60.4 Å². The molecule has 1 atom stereocenters. The van der Waals surface area contributed by atoms with Crippen LogP contribution in [0.3, 0.4) is 0 Å². The summed E-state index contributed by atoms with van der Waals surface area (Å²) in [6.45, 7) is 2.21. The molecule has 0 heterocycles. The van der Waals surface area contributed by atoms with Crippen molar-refractivity contribution in [3.8, 4) is 0 Å². The highest BCUT2D eigenvalue weighted by Crippen LogP contribution is 2.11. The van der Waals surface area contributed by atoms with Crippen molar-refractivity contribution in [2.24, 2.45) is 0 Å². The van der Waals surface area contributed by atoms with Crippen LogP contribution in [-0.4, -0.2) is 27.4 Å². The third-order valence-corrected chi connectivity index (χ3v) is 3.80. The molecule has 0 aromatic carbocycles. The van der Waals surface area contributed by atoms with E-state index in [1.165, 1.54) is 44.3 Å². The van der Waals surface area contributed by atoms with E-state index in [9.17, 15) is 15.0 Å². The molecule has 4 nitrogen and oxygen atoms in total. The molecule has 0 fully saturated rings. The maximum atomic E-state index is 10.2. The molecule has 0 aliphatic carbocycles. The number of hydrogen-bond acceptors (Lipinski definition) is 3. The molecule has 0 spiro atoms. The molecule has 1 unspecified atom stereocenters. The molecule has 0 aliphatic heterocycles. The minimum absolute atomic E-state index is 0.112. The van der Waals surface area contributed by atoms with Crippen LogP contribution in [0.5, 0.6) is 0 Å². The van der Waals surface area contributed by atoms with E-state index in [1.54, 1.807) is 30.4 Å². The number of unbranched alkanes of at least 4 members (excludes halogenated alkanes) is 5. The molecule has 0 radical (unpaired) electrons. The molecule has 146 valence electrons. The van der Waals surface area contributed by atoms with Crippen LogP contribution < -0.4 is 0 Å². The zero-order chi connectivity index (χ0) is 19.5. The number of aliphatic carboxylic acids is 1. The third-order valence-electron chi connectivity index (χ3n) is 3.80. The monoisotopic (exact) mass is 362 g/mol. The largest absolute Gasteiger partial charge is 0.508 e. The standard InChI is InChI=1S/C22H34O4/c1-2-3-4-5-6-10-15-20(23)17-12-9-13-18-21(24)16-11-7-8-14-19-22(25)26/h7-9,11,13-14,16,18-20,23-24H,2-6,10,12,15,17H2,1H3,(H,25,26)/b8-7+,13-9+,16-11+,19-14+,21-18-. The van der Waals surface area contributed by atoms with Crippen molar-refractivity contribution >= 4 is 5.97 Å². The number of carbonyl (C=O) groups is 1. The second kappa shape index (κ2) is 17.7. The highest BCUT2D eigenvalue weighted by Gasteiger charge is 2.02. The van der Waals surface area contributed by atoms with E-state index in [1.807, 2.05) is 6.08 Å². The predicted molar refractivity (Wildman–Crippen MR) is 108 cm³/mol. The van der Waals surface area contributed by atoms with E-state index in [2.05, 4.69) is 6.92 Å². The number of allylic oxidation sites excluding steroid dienone is 8. The molecule has 0 saturated carbocycles. The van der Waals surface area contributed by atoms with Gasteiger partial charge in [-0.1, -0.05) is 81.9 Å². The van der Waals surface area contributed by atoms with Gasteiger partial charge in [-0.05, 0) is 31.4 Å². The molecule has 0 aromatic heterocycles. The molecule has 3 N–H and O–H groups in total. The maximum absolute atomic E-state index is 10.2. The number of rotatable bonds is 15. The fourth-order valence-electron chi connectivity index (χ4n) is 2.33. The molecule has 26 heavy (non-hydrogen) atoms. The Morgan fingerprint density at radius 3 is 2.19 bits per heavy atom. The predicted octanol–water partition coefficient (Wildman–Crippen LogP) is 5.63. The van der Waals surface area contributed by atoms with Crippen LogP contribution in [0.4, 0.5) is 0 Å². The first-order chi connectivity index (χ1) is 12.6. The Bertz CT molecular complexity index is 498. The average molecular weight is 363 g/mol. The van der Waals surface area contributed by atoms with Gasteiger partial charge in [-0.25, -0.2) is 4.79 Å². The van der Waals surface area contributed by atoms with Crippen LogP contribution in [-0.2, 0) is 4.79 Å². The summed E-state index contributed by atoms with van der Waals surface area (Å²) in [6, 6.07) is 0. The summed E-state index contributed by atoms with van der Waals surface area (Å²) in [6.07, 6.45) is 23.6. The summed E-state index contributed by atoms with van der Waals surface area (Å²) in [5.74, 6) is -0.885. The summed E-state index contributed by atoms with van der Waals surface area (Å²) in [7, 11) is 0. The minimum atomic E-state index is -0.997. The number of carboxylic acids is 1. The van der Waals surface area contributed by atoms with Crippen molar-refractivity contribution in [3.63, 3.8) is 0 Å².